The van der Waals surface area contributed by atoms with Crippen molar-refractivity contribution in [3.05, 3.63) is 34.6 Å². The summed E-state index contributed by atoms with van der Waals surface area (Å²) in [5.41, 5.74) is 0.470. The monoisotopic (exact) mass is 233 g/mol. The van der Waals surface area contributed by atoms with Crippen LogP contribution in [-0.4, -0.2) is 27.7 Å². The number of aliphatic hydroxyl groups is 1. The van der Waals surface area contributed by atoms with E-state index >= 15 is 0 Å². The molecule has 5 heteroatoms. The number of hydrogen-bond acceptors (Lipinski definition) is 4. The number of benzene rings is 1. The molecule has 0 amide bonds. The van der Waals surface area contributed by atoms with E-state index < -0.39 is 0 Å². The van der Waals surface area contributed by atoms with Crippen LogP contribution in [0, 0.1) is 0 Å². The average molecular weight is 233 g/mol. The maximum absolute atomic E-state index is 11.8. The zero-order chi connectivity index (χ0) is 12.3. The van der Waals surface area contributed by atoms with Gasteiger partial charge in [0.2, 0.25) is 5.95 Å². The predicted octanol–water partition coefficient (Wildman–Crippen LogP) is 1.11. The highest BCUT2D eigenvalue weighted by Crippen LogP contribution is 2.09. The van der Waals surface area contributed by atoms with E-state index in [1.165, 1.54) is 0 Å². The number of rotatable bonds is 4. The van der Waals surface area contributed by atoms with Gasteiger partial charge < -0.3 is 10.4 Å². The summed E-state index contributed by atoms with van der Waals surface area (Å²) in [5.74, 6) is 0.398. The summed E-state index contributed by atoms with van der Waals surface area (Å²) in [6.45, 7) is 1.96. The number of fused-ring (bicyclic) bond motifs is 1. The molecule has 1 atom stereocenters. The zero-order valence-corrected chi connectivity index (χ0v) is 9.60. The highest BCUT2D eigenvalue weighted by molar-refractivity contribution is 5.78. The Morgan fingerprint density at radius 1 is 1.47 bits per heavy atom. The summed E-state index contributed by atoms with van der Waals surface area (Å²) in [4.78, 5) is 18.7. The van der Waals surface area contributed by atoms with Gasteiger partial charge in [-0.15, -0.1) is 0 Å². The molecule has 5 nitrogen and oxygen atoms in total. The largest absolute Gasteiger partial charge is 0.394 e. The van der Waals surface area contributed by atoms with E-state index in [4.69, 9.17) is 5.11 Å². The van der Waals surface area contributed by atoms with E-state index in [2.05, 4.69) is 15.3 Å². The third-order valence-corrected chi connectivity index (χ3v) is 2.67. The van der Waals surface area contributed by atoms with Crippen LogP contribution in [0.3, 0.4) is 0 Å². The average Bonchev–Trinajstić information content (AvgIpc) is 2.36. The van der Waals surface area contributed by atoms with E-state index in [-0.39, 0.29) is 18.2 Å². The minimum Gasteiger partial charge on any atom is -0.394 e. The van der Waals surface area contributed by atoms with Crippen molar-refractivity contribution in [3.8, 4) is 0 Å². The van der Waals surface area contributed by atoms with Gasteiger partial charge in [0.05, 0.1) is 23.6 Å². The van der Waals surface area contributed by atoms with Crippen molar-refractivity contribution < 1.29 is 5.11 Å². The molecule has 0 fully saturated rings. The highest BCUT2D eigenvalue weighted by atomic mass is 16.3. The van der Waals surface area contributed by atoms with Crippen molar-refractivity contribution in [1.82, 2.24) is 9.97 Å². The van der Waals surface area contributed by atoms with Crippen molar-refractivity contribution in [3.63, 3.8) is 0 Å². The second-order valence-corrected chi connectivity index (χ2v) is 3.86. The van der Waals surface area contributed by atoms with Crippen LogP contribution in [0.15, 0.2) is 29.1 Å². The van der Waals surface area contributed by atoms with Gasteiger partial charge in [0.15, 0.2) is 0 Å². The first-order valence-electron chi connectivity index (χ1n) is 5.61. The fourth-order valence-corrected chi connectivity index (χ4v) is 1.62. The van der Waals surface area contributed by atoms with Crippen LogP contribution in [0.2, 0.25) is 0 Å². The Morgan fingerprint density at radius 3 is 2.94 bits per heavy atom. The molecule has 0 aliphatic rings. The summed E-state index contributed by atoms with van der Waals surface area (Å²) in [6.07, 6.45) is 0.757. The Balaban J connectivity index is 2.40. The van der Waals surface area contributed by atoms with Crippen LogP contribution in [0.4, 0.5) is 5.95 Å². The lowest BCUT2D eigenvalue weighted by Gasteiger charge is -2.14. The molecule has 1 unspecified atom stereocenters. The van der Waals surface area contributed by atoms with Crippen molar-refractivity contribution in [1.29, 1.82) is 0 Å². The molecular formula is C12H15N3O2. The van der Waals surface area contributed by atoms with E-state index in [9.17, 15) is 4.79 Å². The predicted molar refractivity (Wildman–Crippen MR) is 67.2 cm³/mol. The van der Waals surface area contributed by atoms with Crippen molar-refractivity contribution in [2.75, 3.05) is 11.9 Å². The summed E-state index contributed by atoms with van der Waals surface area (Å²) in [5, 5.41) is 12.6. The van der Waals surface area contributed by atoms with Crippen LogP contribution >= 0.6 is 0 Å². The van der Waals surface area contributed by atoms with Gasteiger partial charge in [-0.05, 0) is 18.6 Å². The number of aliphatic hydroxyl groups excluding tert-OH is 1. The molecule has 0 aliphatic carbocycles. The third-order valence-electron chi connectivity index (χ3n) is 2.67. The third kappa shape index (κ3) is 2.45. The molecular weight excluding hydrogens is 218 g/mol. The van der Waals surface area contributed by atoms with Gasteiger partial charge in [-0.25, -0.2) is 4.98 Å². The minimum absolute atomic E-state index is 0.00698. The number of anilines is 1. The highest BCUT2D eigenvalue weighted by Gasteiger charge is 2.07. The molecule has 1 aromatic heterocycles. The zero-order valence-electron chi connectivity index (χ0n) is 9.60. The standard InChI is InChI=1S/C12H15N3O2/c1-2-8(7-16)13-12-14-10-6-4-3-5-9(10)11(17)15-12/h3-6,8,16H,2,7H2,1H3,(H2,13,14,15,17). The van der Waals surface area contributed by atoms with E-state index in [1.807, 2.05) is 13.0 Å². The first kappa shape index (κ1) is 11.6. The maximum atomic E-state index is 11.8. The molecule has 0 saturated heterocycles. The number of para-hydroxylation sites is 1. The second kappa shape index (κ2) is 4.97. The SMILES string of the molecule is CCC(CO)Nc1nc2ccccc2c(=O)[nH]1. The number of nitrogens with zero attached hydrogens (tertiary/aromatic N) is 1. The molecule has 0 aliphatic heterocycles. The van der Waals surface area contributed by atoms with E-state index in [1.54, 1.807) is 18.2 Å². The Labute approximate surface area is 98.5 Å². The first-order valence-corrected chi connectivity index (χ1v) is 5.61. The fraction of sp³-hybridized carbons (Fsp3) is 0.333. The maximum Gasteiger partial charge on any atom is 0.260 e. The van der Waals surface area contributed by atoms with Crippen LogP contribution in [0.1, 0.15) is 13.3 Å². The first-order chi connectivity index (χ1) is 8.24. The van der Waals surface area contributed by atoms with Gasteiger partial charge in [-0.3, -0.25) is 9.78 Å². The fourth-order valence-electron chi connectivity index (χ4n) is 1.62. The quantitative estimate of drug-likeness (QED) is 0.739. The van der Waals surface area contributed by atoms with Crippen LogP contribution in [0.25, 0.3) is 10.9 Å². The van der Waals surface area contributed by atoms with Gasteiger partial charge in [0.1, 0.15) is 0 Å². The summed E-state index contributed by atoms with van der Waals surface area (Å²) >= 11 is 0. The topological polar surface area (TPSA) is 78.0 Å². The lowest BCUT2D eigenvalue weighted by Crippen LogP contribution is -2.25. The molecule has 0 radical (unpaired) electrons. The lowest BCUT2D eigenvalue weighted by atomic mass is 10.2. The summed E-state index contributed by atoms with van der Waals surface area (Å²) < 4.78 is 0. The number of aromatic amines is 1. The van der Waals surface area contributed by atoms with Crippen LogP contribution < -0.4 is 10.9 Å². The Hall–Kier alpha value is -1.88. The van der Waals surface area contributed by atoms with Crippen LogP contribution in [0.5, 0.6) is 0 Å². The molecule has 17 heavy (non-hydrogen) atoms. The number of aromatic nitrogens is 2. The Bertz CT molecular complexity index is 561. The number of H-pyrrole nitrogens is 1. The molecule has 1 heterocycles. The Kier molecular flexibility index (Phi) is 3.39. The van der Waals surface area contributed by atoms with Gasteiger partial charge in [0, 0.05) is 0 Å². The van der Waals surface area contributed by atoms with Crippen molar-refractivity contribution >= 4 is 16.9 Å². The van der Waals surface area contributed by atoms with E-state index in [0.717, 1.165) is 6.42 Å². The summed E-state index contributed by atoms with van der Waals surface area (Å²) in [7, 11) is 0. The lowest BCUT2D eigenvalue weighted by molar-refractivity contribution is 0.271. The second-order valence-electron chi connectivity index (χ2n) is 3.86. The molecule has 90 valence electrons. The number of nitrogens with one attached hydrogen (secondary N) is 2. The summed E-state index contributed by atoms with van der Waals surface area (Å²) in [6, 6.07) is 7.06. The molecule has 0 saturated carbocycles. The molecule has 2 aromatic rings. The molecule has 0 spiro atoms. The Morgan fingerprint density at radius 2 is 2.24 bits per heavy atom. The van der Waals surface area contributed by atoms with Crippen molar-refractivity contribution in [2.45, 2.75) is 19.4 Å². The number of hydrogen-bond donors (Lipinski definition) is 3. The smallest absolute Gasteiger partial charge is 0.260 e. The van der Waals surface area contributed by atoms with Gasteiger partial charge in [-0.1, -0.05) is 19.1 Å². The van der Waals surface area contributed by atoms with Gasteiger partial charge in [0.25, 0.3) is 5.56 Å². The van der Waals surface area contributed by atoms with Crippen molar-refractivity contribution in [2.24, 2.45) is 0 Å². The normalized spacial score (nSPS) is 12.6. The van der Waals surface area contributed by atoms with E-state index in [0.29, 0.717) is 16.9 Å². The van der Waals surface area contributed by atoms with Gasteiger partial charge in [-0.2, -0.15) is 0 Å². The van der Waals surface area contributed by atoms with Gasteiger partial charge >= 0.3 is 0 Å². The molecule has 3 N–H and O–H groups in total. The molecule has 2 rings (SSSR count). The minimum atomic E-state index is -0.175. The molecule has 1 aromatic carbocycles. The molecule has 0 bridgehead atoms. The van der Waals surface area contributed by atoms with Crippen LogP contribution in [-0.2, 0) is 0 Å².